The lowest BCUT2D eigenvalue weighted by Gasteiger charge is -2.29. The smallest absolute Gasteiger partial charge is 0.358 e. The molecule has 0 radical (unpaired) electrons. The highest BCUT2D eigenvalue weighted by Gasteiger charge is 2.36. The van der Waals surface area contributed by atoms with Crippen LogP contribution in [0, 0.1) is 0 Å². The van der Waals surface area contributed by atoms with Crippen LogP contribution in [0.4, 0.5) is 5.13 Å². The number of esters is 1. The second-order valence-electron chi connectivity index (χ2n) is 5.94. The molecule has 0 spiro atoms. The number of rotatable bonds is 8. The molecule has 1 saturated heterocycles. The maximum Gasteiger partial charge on any atom is 0.358 e. The van der Waals surface area contributed by atoms with Crippen molar-refractivity contribution >= 4 is 38.2 Å². The molecule has 1 aliphatic heterocycles. The topological polar surface area (TPSA) is 106 Å². The van der Waals surface area contributed by atoms with Crippen LogP contribution in [0.25, 0.3) is 0 Å². The van der Waals surface area contributed by atoms with Gasteiger partial charge in [-0.3, -0.25) is 4.79 Å². The Hall–Kier alpha value is -1.94. The van der Waals surface area contributed by atoms with E-state index in [9.17, 15) is 18.0 Å². The van der Waals surface area contributed by atoms with Crippen LogP contribution in [-0.4, -0.2) is 66.9 Å². The molecule has 1 fully saturated rings. The van der Waals surface area contributed by atoms with Gasteiger partial charge in [-0.25, -0.2) is 18.2 Å². The highest BCUT2D eigenvalue weighted by Crippen LogP contribution is 2.20. The Morgan fingerprint density at radius 3 is 2.88 bits per heavy atom. The lowest BCUT2D eigenvalue weighted by molar-refractivity contribution is -0.141. The molecular weight excluding hydrogens is 378 g/mol. The van der Waals surface area contributed by atoms with E-state index in [1.54, 1.807) is 18.4 Å². The Balaban J connectivity index is 1.97. The summed E-state index contributed by atoms with van der Waals surface area (Å²) < 4.78 is 28.5. The molecule has 0 aromatic carbocycles. The molecule has 1 aromatic rings. The van der Waals surface area contributed by atoms with E-state index in [0.717, 1.165) is 0 Å². The van der Waals surface area contributed by atoms with Crippen molar-refractivity contribution in [3.63, 3.8) is 0 Å². The molecule has 2 atom stereocenters. The molecule has 8 nitrogen and oxygen atoms in total. The molecule has 144 valence electrons. The second-order valence-corrected chi connectivity index (χ2v) is 9.02. The molecule has 2 rings (SSSR count). The fourth-order valence-corrected chi connectivity index (χ4v) is 5.15. The number of anilines is 1. The van der Waals surface area contributed by atoms with Crippen LogP contribution in [0.3, 0.4) is 0 Å². The van der Waals surface area contributed by atoms with Crippen molar-refractivity contribution in [3.8, 4) is 0 Å². The van der Waals surface area contributed by atoms with Gasteiger partial charge in [-0.2, -0.15) is 0 Å². The van der Waals surface area contributed by atoms with Gasteiger partial charge in [0.15, 0.2) is 26.8 Å². The summed E-state index contributed by atoms with van der Waals surface area (Å²) in [6, 6.07) is -0.368. The molecule has 0 bridgehead atoms. The van der Waals surface area contributed by atoms with Gasteiger partial charge in [0.2, 0.25) is 0 Å². The highest BCUT2D eigenvalue weighted by molar-refractivity contribution is 7.91. The van der Waals surface area contributed by atoms with Gasteiger partial charge in [0.05, 0.1) is 11.5 Å². The Labute approximate surface area is 157 Å². The van der Waals surface area contributed by atoms with Crippen LogP contribution < -0.4 is 5.32 Å². The number of thiazole rings is 1. The van der Waals surface area contributed by atoms with Crippen molar-refractivity contribution < 1.29 is 22.7 Å². The van der Waals surface area contributed by atoms with Crippen LogP contribution >= 0.6 is 11.3 Å². The van der Waals surface area contributed by atoms with Gasteiger partial charge < -0.3 is 15.0 Å². The average Bonchev–Trinajstić information content (AvgIpc) is 3.20. The molecular formula is C16H23N3O5S2. The Bertz CT molecular complexity index is 775. The summed E-state index contributed by atoms with van der Waals surface area (Å²) in [5.41, 5.74) is 0.118. The largest absolute Gasteiger partial charge is 0.448 e. The monoisotopic (exact) mass is 401 g/mol. The van der Waals surface area contributed by atoms with Gasteiger partial charge in [0.25, 0.3) is 5.91 Å². The third kappa shape index (κ3) is 5.04. The van der Waals surface area contributed by atoms with Crippen LogP contribution in [0.5, 0.6) is 0 Å². The average molecular weight is 402 g/mol. The first-order chi connectivity index (χ1) is 12.3. The molecule has 1 N–H and O–H groups in total. The number of hydrogen-bond donors (Lipinski definition) is 1. The summed E-state index contributed by atoms with van der Waals surface area (Å²) in [7, 11) is -3.11. The summed E-state index contributed by atoms with van der Waals surface area (Å²) in [5, 5.41) is 5.07. The zero-order valence-corrected chi connectivity index (χ0v) is 16.4. The van der Waals surface area contributed by atoms with E-state index >= 15 is 0 Å². The summed E-state index contributed by atoms with van der Waals surface area (Å²) in [6.07, 6.45) is 1.06. The number of nitrogens with one attached hydrogen (secondary N) is 1. The van der Waals surface area contributed by atoms with E-state index < -0.39 is 27.8 Å². The fourth-order valence-electron chi connectivity index (χ4n) is 2.73. The molecule has 1 amide bonds. The molecule has 1 aromatic heterocycles. The van der Waals surface area contributed by atoms with Crippen LogP contribution in [-0.2, 0) is 19.4 Å². The highest BCUT2D eigenvalue weighted by atomic mass is 32.2. The first kappa shape index (κ1) is 20.4. The Morgan fingerprint density at radius 1 is 1.58 bits per heavy atom. The summed E-state index contributed by atoms with van der Waals surface area (Å²) >= 11 is 1.25. The van der Waals surface area contributed by atoms with Crippen molar-refractivity contribution in [2.45, 2.75) is 32.4 Å². The lowest BCUT2D eigenvalue weighted by Crippen LogP contribution is -2.46. The predicted molar refractivity (Wildman–Crippen MR) is 100 cm³/mol. The molecule has 2 heterocycles. The lowest BCUT2D eigenvalue weighted by atomic mass is 10.2. The van der Waals surface area contributed by atoms with E-state index in [-0.39, 0.29) is 23.2 Å². The normalized spacial score (nSPS) is 19.5. The Morgan fingerprint density at radius 2 is 2.31 bits per heavy atom. The number of ether oxygens (including phenoxy) is 1. The maximum absolute atomic E-state index is 12.6. The quantitative estimate of drug-likeness (QED) is 0.517. The van der Waals surface area contributed by atoms with E-state index in [1.165, 1.54) is 23.2 Å². The van der Waals surface area contributed by atoms with Crippen molar-refractivity contribution in [1.29, 1.82) is 0 Å². The first-order valence-electron chi connectivity index (χ1n) is 8.29. The minimum absolute atomic E-state index is 0.0440. The third-order valence-corrected chi connectivity index (χ3v) is 6.57. The van der Waals surface area contributed by atoms with E-state index in [2.05, 4.69) is 16.9 Å². The van der Waals surface area contributed by atoms with Crippen molar-refractivity contribution in [2.24, 2.45) is 0 Å². The van der Waals surface area contributed by atoms with Crippen molar-refractivity contribution in [3.05, 3.63) is 23.7 Å². The number of carbonyl (C=O) groups excluding carboxylic acids is 2. The zero-order valence-electron chi connectivity index (χ0n) is 14.8. The number of sulfone groups is 1. The van der Waals surface area contributed by atoms with Gasteiger partial charge in [0, 0.05) is 24.5 Å². The van der Waals surface area contributed by atoms with Crippen molar-refractivity contribution in [2.75, 3.05) is 29.9 Å². The van der Waals surface area contributed by atoms with Gasteiger partial charge in [-0.05, 0) is 20.3 Å². The first-order valence-corrected chi connectivity index (χ1v) is 11.0. The van der Waals surface area contributed by atoms with Gasteiger partial charge in [-0.1, -0.05) is 6.08 Å². The van der Waals surface area contributed by atoms with Gasteiger partial charge >= 0.3 is 5.97 Å². The van der Waals surface area contributed by atoms with Crippen LogP contribution in [0.2, 0.25) is 0 Å². The summed E-state index contributed by atoms with van der Waals surface area (Å²) in [4.78, 5) is 30.4. The standard InChI is InChI=1S/C16H23N3O5S2/c1-4-7-17-16-18-13(9-25-16)15(21)24-11(3)14(20)19(5-2)12-6-8-26(22,23)10-12/h4,9,11-12H,1,5-8,10H2,2-3H3,(H,17,18)/t11-,12-/m1/s1. The number of hydrogen-bond acceptors (Lipinski definition) is 8. The van der Waals surface area contributed by atoms with Crippen LogP contribution in [0.15, 0.2) is 18.0 Å². The van der Waals surface area contributed by atoms with Crippen molar-refractivity contribution in [1.82, 2.24) is 9.88 Å². The SMILES string of the molecule is C=CCNc1nc(C(=O)O[C@H](C)C(=O)N(CC)[C@@H]2CCS(=O)(=O)C2)cs1. The number of aromatic nitrogens is 1. The molecule has 1 aliphatic rings. The molecule has 0 unspecified atom stereocenters. The molecule has 0 aliphatic carbocycles. The number of amides is 1. The Kier molecular flexibility index (Phi) is 6.76. The molecule has 0 saturated carbocycles. The van der Waals surface area contributed by atoms with E-state index in [0.29, 0.717) is 24.6 Å². The summed E-state index contributed by atoms with van der Waals surface area (Å²) in [5.74, 6) is -1.06. The van der Waals surface area contributed by atoms with E-state index in [1.807, 2.05) is 0 Å². The minimum atomic E-state index is -3.11. The van der Waals surface area contributed by atoms with Gasteiger partial charge in [-0.15, -0.1) is 17.9 Å². The third-order valence-electron chi connectivity index (χ3n) is 4.02. The van der Waals surface area contributed by atoms with Crippen LogP contribution in [0.1, 0.15) is 30.8 Å². The second kappa shape index (κ2) is 8.63. The molecule has 10 heteroatoms. The number of likely N-dealkylation sites (N-methyl/N-ethyl adjacent to an activating group) is 1. The molecule has 26 heavy (non-hydrogen) atoms. The number of nitrogens with zero attached hydrogens (tertiary/aromatic N) is 2. The predicted octanol–water partition coefficient (Wildman–Crippen LogP) is 1.32. The van der Waals surface area contributed by atoms with Gasteiger partial charge in [0.1, 0.15) is 0 Å². The fraction of sp³-hybridized carbons (Fsp3) is 0.562. The maximum atomic E-state index is 12.6. The minimum Gasteiger partial charge on any atom is -0.448 e. The number of carbonyl (C=O) groups is 2. The zero-order chi connectivity index (χ0) is 19.3. The summed E-state index contributed by atoms with van der Waals surface area (Å²) in [6.45, 7) is 7.72. The van der Waals surface area contributed by atoms with E-state index in [4.69, 9.17) is 4.74 Å².